The first kappa shape index (κ1) is 15.3. The number of aromatic nitrogens is 3. The van der Waals surface area contributed by atoms with Gasteiger partial charge in [0.05, 0.1) is 11.4 Å². The summed E-state index contributed by atoms with van der Waals surface area (Å²) >= 11 is 0. The number of nitrogen functional groups attached to an aromatic ring is 1. The zero-order valence-corrected chi connectivity index (χ0v) is 13.5. The summed E-state index contributed by atoms with van der Waals surface area (Å²) in [5.74, 6) is 0.498. The SMILES string of the molecule is CC(C)(C)OC(=O)NC=C1CC(n2nc(N)c3cccnc32)C1. The molecule has 1 aliphatic carbocycles. The van der Waals surface area contributed by atoms with Gasteiger partial charge >= 0.3 is 6.09 Å². The fourth-order valence-electron chi connectivity index (χ4n) is 2.56. The highest BCUT2D eigenvalue weighted by Gasteiger charge is 2.28. The van der Waals surface area contributed by atoms with E-state index in [-0.39, 0.29) is 6.04 Å². The Morgan fingerprint density at radius 3 is 2.91 bits per heavy atom. The molecule has 2 heterocycles. The van der Waals surface area contributed by atoms with E-state index in [9.17, 15) is 4.79 Å². The number of anilines is 1. The standard InChI is InChI=1S/C16H21N5O2/c1-16(2,3)23-15(22)19-9-10-7-11(8-10)21-14-12(13(17)20-21)5-4-6-18-14/h4-6,9,11H,7-8H2,1-3H3,(H2,17,20)(H,19,22). The Balaban J connectivity index is 1.62. The van der Waals surface area contributed by atoms with Crippen molar-refractivity contribution in [2.45, 2.75) is 45.3 Å². The predicted octanol–water partition coefficient (Wildman–Crippen LogP) is 2.76. The number of carbonyl (C=O) groups excluding carboxylic acids is 1. The van der Waals surface area contributed by atoms with Crippen molar-refractivity contribution in [1.82, 2.24) is 20.1 Å². The van der Waals surface area contributed by atoms with E-state index in [1.165, 1.54) is 0 Å². The number of amides is 1. The molecule has 0 spiro atoms. The van der Waals surface area contributed by atoms with Crippen LogP contribution in [0.1, 0.15) is 39.7 Å². The predicted molar refractivity (Wildman–Crippen MR) is 87.7 cm³/mol. The van der Waals surface area contributed by atoms with Gasteiger partial charge in [-0.1, -0.05) is 0 Å². The third-order valence-electron chi connectivity index (χ3n) is 3.63. The van der Waals surface area contributed by atoms with Gasteiger partial charge in [-0.05, 0) is 51.3 Å². The number of fused-ring (bicyclic) bond motifs is 1. The molecule has 1 fully saturated rings. The first-order valence-electron chi connectivity index (χ1n) is 7.59. The average molecular weight is 315 g/mol. The molecular weight excluding hydrogens is 294 g/mol. The Morgan fingerprint density at radius 1 is 1.48 bits per heavy atom. The van der Waals surface area contributed by atoms with E-state index in [1.807, 2.05) is 37.6 Å². The highest BCUT2D eigenvalue weighted by molar-refractivity contribution is 5.86. The lowest BCUT2D eigenvalue weighted by molar-refractivity contribution is 0.0551. The van der Waals surface area contributed by atoms with Crippen LogP contribution in [-0.4, -0.2) is 26.5 Å². The molecule has 7 heteroatoms. The number of nitrogens with one attached hydrogen (secondary N) is 1. The number of allylic oxidation sites excluding steroid dienone is 1. The first-order chi connectivity index (χ1) is 10.8. The van der Waals surface area contributed by atoms with E-state index in [4.69, 9.17) is 10.5 Å². The molecule has 23 heavy (non-hydrogen) atoms. The monoisotopic (exact) mass is 315 g/mol. The molecule has 0 bridgehead atoms. The molecule has 0 atom stereocenters. The third-order valence-corrected chi connectivity index (χ3v) is 3.63. The Labute approximate surface area is 134 Å². The van der Waals surface area contributed by atoms with Crippen molar-refractivity contribution < 1.29 is 9.53 Å². The van der Waals surface area contributed by atoms with Crippen LogP contribution in [0, 0.1) is 0 Å². The summed E-state index contributed by atoms with van der Waals surface area (Å²) in [4.78, 5) is 16.0. The molecule has 3 rings (SSSR count). The van der Waals surface area contributed by atoms with Crippen molar-refractivity contribution in [3.63, 3.8) is 0 Å². The van der Waals surface area contributed by atoms with Gasteiger partial charge in [-0.3, -0.25) is 5.32 Å². The molecule has 1 saturated carbocycles. The number of nitrogens with zero attached hydrogens (tertiary/aromatic N) is 3. The van der Waals surface area contributed by atoms with Gasteiger partial charge in [0.2, 0.25) is 0 Å². The number of carbonyl (C=O) groups is 1. The maximum Gasteiger partial charge on any atom is 0.411 e. The lowest BCUT2D eigenvalue weighted by Gasteiger charge is -2.29. The number of hydrogen-bond acceptors (Lipinski definition) is 5. The summed E-state index contributed by atoms with van der Waals surface area (Å²) in [5, 5.41) is 7.92. The minimum Gasteiger partial charge on any atom is -0.444 e. The molecular formula is C16H21N5O2. The maximum absolute atomic E-state index is 11.6. The van der Waals surface area contributed by atoms with Crippen LogP contribution in [-0.2, 0) is 4.74 Å². The molecule has 0 aliphatic heterocycles. The number of pyridine rings is 1. The summed E-state index contributed by atoms with van der Waals surface area (Å²) < 4.78 is 7.06. The second-order valence-electron chi connectivity index (χ2n) is 6.72. The summed E-state index contributed by atoms with van der Waals surface area (Å²) in [6.45, 7) is 5.50. The number of alkyl carbamates (subject to hydrolysis) is 1. The van der Waals surface area contributed by atoms with Crippen molar-refractivity contribution in [1.29, 1.82) is 0 Å². The summed E-state index contributed by atoms with van der Waals surface area (Å²) in [6.07, 6.45) is 4.63. The smallest absolute Gasteiger partial charge is 0.411 e. The molecule has 122 valence electrons. The molecule has 7 nitrogen and oxygen atoms in total. The van der Waals surface area contributed by atoms with E-state index < -0.39 is 11.7 Å². The Hall–Kier alpha value is -2.57. The molecule has 0 unspecified atom stereocenters. The minimum absolute atomic E-state index is 0.219. The van der Waals surface area contributed by atoms with Crippen LogP contribution in [0.25, 0.3) is 11.0 Å². The molecule has 1 aliphatic rings. The third kappa shape index (κ3) is 3.28. The molecule has 1 amide bonds. The number of rotatable bonds is 2. The van der Waals surface area contributed by atoms with Crippen molar-refractivity contribution in [2.75, 3.05) is 5.73 Å². The average Bonchev–Trinajstić information content (AvgIpc) is 2.73. The summed E-state index contributed by atoms with van der Waals surface area (Å²) in [7, 11) is 0. The van der Waals surface area contributed by atoms with Crippen molar-refractivity contribution in [2.24, 2.45) is 0 Å². The first-order valence-corrected chi connectivity index (χ1v) is 7.59. The topological polar surface area (TPSA) is 95.1 Å². The van der Waals surface area contributed by atoms with Crippen LogP contribution < -0.4 is 11.1 Å². The molecule has 2 aromatic heterocycles. The van der Waals surface area contributed by atoms with Crippen molar-refractivity contribution in [3.8, 4) is 0 Å². The van der Waals surface area contributed by atoms with Crippen molar-refractivity contribution in [3.05, 3.63) is 30.1 Å². The van der Waals surface area contributed by atoms with Crippen LogP contribution in [0.2, 0.25) is 0 Å². The zero-order chi connectivity index (χ0) is 16.6. The second kappa shape index (κ2) is 5.57. The van der Waals surface area contributed by atoms with Crippen LogP contribution >= 0.6 is 0 Å². The van der Waals surface area contributed by atoms with E-state index >= 15 is 0 Å². The van der Waals surface area contributed by atoms with Crippen LogP contribution in [0.5, 0.6) is 0 Å². The fraction of sp³-hybridized carbons (Fsp3) is 0.438. The molecule has 0 saturated heterocycles. The largest absolute Gasteiger partial charge is 0.444 e. The normalized spacial score (nSPS) is 17.7. The second-order valence-corrected chi connectivity index (χ2v) is 6.72. The summed E-state index contributed by atoms with van der Waals surface area (Å²) in [6, 6.07) is 3.98. The molecule has 2 aromatic rings. The van der Waals surface area contributed by atoms with E-state index in [1.54, 1.807) is 12.4 Å². The highest BCUT2D eigenvalue weighted by atomic mass is 16.6. The lowest BCUT2D eigenvalue weighted by atomic mass is 9.87. The van der Waals surface area contributed by atoms with Crippen LogP contribution in [0.15, 0.2) is 30.1 Å². The fourth-order valence-corrected chi connectivity index (χ4v) is 2.56. The molecule has 0 aromatic carbocycles. The van der Waals surface area contributed by atoms with Gasteiger partial charge < -0.3 is 10.5 Å². The number of ether oxygens (including phenoxy) is 1. The maximum atomic E-state index is 11.6. The van der Waals surface area contributed by atoms with E-state index in [0.717, 1.165) is 29.4 Å². The van der Waals surface area contributed by atoms with Gasteiger partial charge in [0.25, 0.3) is 0 Å². The Morgan fingerprint density at radius 2 is 2.22 bits per heavy atom. The number of nitrogens with two attached hydrogens (primary N) is 1. The van der Waals surface area contributed by atoms with Gasteiger partial charge in [-0.2, -0.15) is 5.10 Å². The van der Waals surface area contributed by atoms with Gasteiger partial charge in [0.15, 0.2) is 11.5 Å². The van der Waals surface area contributed by atoms with Gasteiger partial charge in [-0.25, -0.2) is 14.5 Å². The summed E-state index contributed by atoms with van der Waals surface area (Å²) in [5.41, 5.74) is 7.37. The molecule has 0 radical (unpaired) electrons. The zero-order valence-electron chi connectivity index (χ0n) is 13.5. The van der Waals surface area contributed by atoms with Crippen LogP contribution in [0.3, 0.4) is 0 Å². The van der Waals surface area contributed by atoms with E-state index in [2.05, 4.69) is 15.4 Å². The highest BCUT2D eigenvalue weighted by Crippen LogP contribution is 2.38. The van der Waals surface area contributed by atoms with Gasteiger partial charge in [-0.15, -0.1) is 0 Å². The van der Waals surface area contributed by atoms with Gasteiger partial charge in [0, 0.05) is 12.4 Å². The van der Waals surface area contributed by atoms with E-state index in [0.29, 0.717) is 5.82 Å². The Kier molecular flexibility index (Phi) is 3.71. The quantitative estimate of drug-likeness (QED) is 0.888. The van der Waals surface area contributed by atoms with Gasteiger partial charge in [0.1, 0.15) is 5.60 Å². The van der Waals surface area contributed by atoms with Crippen LogP contribution in [0.4, 0.5) is 10.6 Å². The minimum atomic E-state index is -0.498. The van der Waals surface area contributed by atoms with Crippen molar-refractivity contribution >= 4 is 22.9 Å². The number of hydrogen-bond donors (Lipinski definition) is 2. The molecule has 3 N–H and O–H groups in total. The lowest BCUT2D eigenvalue weighted by Crippen LogP contribution is -2.31. The Bertz CT molecular complexity index is 764.